The molecule has 2 aromatic rings. The minimum Gasteiger partial charge on any atom is -0.489 e. The molecule has 2 aromatic carbocycles. The maximum atomic E-state index is 6.49. The van der Waals surface area contributed by atoms with E-state index in [1.165, 1.54) is 50.5 Å². The van der Waals surface area contributed by atoms with Crippen molar-refractivity contribution in [3.8, 4) is 5.75 Å². The molecule has 0 aromatic heterocycles. The molecule has 0 radical (unpaired) electrons. The Morgan fingerprint density at radius 2 is 1.53 bits per heavy atom. The van der Waals surface area contributed by atoms with Gasteiger partial charge in [-0.15, -0.1) is 0 Å². The van der Waals surface area contributed by atoms with Gasteiger partial charge < -0.3 is 20.7 Å². The fourth-order valence-electron chi connectivity index (χ4n) is 5.90. The Morgan fingerprint density at radius 3 is 2.25 bits per heavy atom. The number of anilines is 1. The summed E-state index contributed by atoms with van der Waals surface area (Å²) in [5, 5.41) is 3.66. The quantitative estimate of drug-likeness (QED) is 0.428. The summed E-state index contributed by atoms with van der Waals surface area (Å²) >= 11 is 0. The first-order valence-electron chi connectivity index (χ1n) is 14.1. The van der Waals surface area contributed by atoms with Gasteiger partial charge in [-0.3, -0.25) is 4.90 Å². The van der Waals surface area contributed by atoms with Gasteiger partial charge in [-0.05, 0) is 55.5 Å². The Labute approximate surface area is 216 Å². The Kier molecular flexibility index (Phi) is 8.78. The molecule has 3 aliphatic rings. The number of piperazine rings is 1. The van der Waals surface area contributed by atoms with Crippen molar-refractivity contribution in [2.45, 2.75) is 82.5 Å². The molecule has 36 heavy (non-hydrogen) atoms. The Hall–Kier alpha value is -2.57. The first kappa shape index (κ1) is 25.1. The van der Waals surface area contributed by atoms with Gasteiger partial charge in [-0.2, -0.15) is 0 Å². The van der Waals surface area contributed by atoms with Crippen molar-refractivity contribution in [2.24, 2.45) is 10.7 Å². The van der Waals surface area contributed by atoms with E-state index in [4.69, 9.17) is 15.5 Å². The molecule has 194 valence electrons. The van der Waals surface area contributed by atoms with Crippen LogP contribution in [0.3, 0.4) is 0 Å². The van der Waals surface area contributed by atoms with Crippen LogP contribution in [0.1, 0.15) is 63.4 Å². The molecule has 6 heteroatoms. The number of ether oxygens (including phenoxy) is 1. The van der Waals surface area contributed by atoms with Crippen molar-refractivity contribution in [3.05, 3.63) is 60.2 Å². The predicted molar refractivity (Wildman–Crippen MR) is 149 cm³/mol. The maximum absolute atomic E-state index is 6.49. The summed E-state index contributed by atoms with van der Waals surface area (Å²) in [6.45, 7) is 4.85. The van der Waals surface area contributed by atoms with Crippen molar-refractivity contribution in [1.29, 1.82) is 0 Å². The predicted octanol–water partition coefficient (Wildman–Crippen LogP) is 5.25. The SMILES string of the molecule is N[C@H]1CCCC[C@@H]1N=C(Nc1ccc(OCc2ccccc2)cc1)N1CCN(C2CCCCC2)CC1. The van der Waals surface area contributed by atoms with E-state index in [0.717, 1.165) is 62.5 Å². The second-order valence-corrected chi connectivity index (χ2v) is 10.7. The van der Waals surface area contributed by atoms with Crippen molar-refractivity contribution < 1.29 is 4.74 Å². The number of hydrogen-bond acceptors (Lipinski definition) is 4. The van der Waals surface area contributed by atoms with E-state index in [9.17, 15) is 0 Å². The molecule has 3 fully saturated rings. The van der Waals surface area contributed by atoms with Crippen LogP contribution in [0.5, 0.6) is 5.75 Å². The summed E-state index contributed by atoms with van der Waals surface area (Å²) < 4.78 is 5.98. The van der Waals surface area contributed by atoms with Gasteiger partial charge in [0, 0.05) is 44.0 Å². The lowest BCUT2D eigenvalue weighted by molar-refractivity contribution is 0.107. The lowest BCUT2D eigenvalue weighted by Crippen LogP contribution is -2.54. The molecule has 3 N–H and O–H groups in total. The molecule has 0 bridgehead atoms. The third-order valence-electron chi connectivity index (χ3n) is 8.13. The average Bonchev–Trinajstić information content (AvgIpc) is 2.94. The number of nitrogens with one attached hydrogen (secondary N) is 1. The second-order valence-electron chi connectivity index (χ2n) is 10.7. The van der Waals surface area contributed by atoms with Crippen molar-refractivity contribution in [1.82, 2.24) is 9.80 Å². The lowest BCUT2D eigenvalue weighted by atomic mass is 9.91. The fourth-order valence-corrected chi connectivity index (χ4v) is 5.90. The molecule has 0 unspecified atom stereocenters. The molecule has 2 atom stereocenters. The number of hydrogen-bond donors (Lipinski definition) is 2. The van der Waals surface area contributed by atoms with Crippen LogP contribution < -0.4 is 15.8 Å². The summed E-state index contributed by atoms with van der Waals surface area (Å²) in [6.07, 6.45) is 11.5. The van der Waals surface area contributed by atoms with Crippen molar-refractivity contribution in [2.75, 3.05) is 31.5 Å². The van der Waals surface area contributed by atoms with Gasteiger partial charge in [0.15, 0.2) is 5.96 Å². The van der Waals surface area contributed by atoms with Gasteiger partial charge >= 0.3 is 0 Å². The first-order chi connectivity index (χ1) is 17.7. The van der Waals surface area contributed by atoms with Crippen LogP contribution >= 0.6 is 0 Å². The van der Waals surface area contributed by atoms with E-state index in [2.05, 4.69) is 39.4 Å². The Balaban J connectivity index is 1.23. The number of aliphatic imine (C=N–C) groups is 1. The van der Waals surface area contributed by atoms with Crippen LogP contribution in [0.2, 0.25) is 0 Å². The molecule has 2 saturated carbocycles. The van der Waals surface area contributed by atoms with E-state index < -0.39 is 0 Å². The summed E-state index contributed by atoms with van der Waals surface area (Å²) in [5.41, 5.74) is 8.71. The van der Waals surface area contributed by atoms with E-state index >= 15 is 0 Å². The van der Waals surface area contributed by atoms with Crippen molar-refractivity contribution in [3.63, 3.8) is 0 Å². The van der Waals surface area contributed by atoms with Gasteiger partial charge in [0.2, 0.25) is 0 Å². The van der Waals surface area contributed by atoms with Gasteiger partial charge in [0.05, 0.1) is 6.04 Å². The summed E-state index contributed by atoms with van der Waals surface area (Å²) in [6, 6.07) is 19.7. The van der Waals surface area contributed by atoms with Crippen LogP contribution in [0, 0.1) is 0 Å². The van der Waals surface area contributed by atoms with Gasteiger partial charge in [0.1, 0.15) is 12.4 Å². The van der Waals surface area contributed by atoms with E-state index in [1.54, 1.807) is 0 Å². The van der Waals surface area contributed by atoms with Crippen LogP contribution in [0.15, 0.2) is 59.6 Å². The normalized spacial score (nSPS) is 24.5. The van der Waals surface area contributed by atoms with E-state index in [0.29, 0.717) is 6.61 Å². The molecule has 1 heterocycles. The molecule has 5 rings (SSSR count). The molecule has 2 aliphatic carbocycles. The highest BCUT2D eigenvalue weighted by Crippen LogP contribution is 2.25. The molecule has 6 nitrogen and oxygen atoms in total. The number of guanidine groups is 1. The minimum atomic E-state index is 0.160. The zero-order valence-electron chi connectivity index (χ0n) is 21.7. The highest BCUT2D eigenvalue weighted by molar-refractivity contribution is 5.94. The molecule has 1 saturated heterocycles. The van der Waals surface area contributed by atoms with Crippen LogP contribution in [-0.4, -0.2) is 60.1 Å². The largest absolute Gasteiger partial charge is 0.489 e. The number of rotatable bonds is 6. The van der Waals surface area contributed by atoms with Crippen molar-refractivity contribution >= 4 is 11.6 Å². The number of nitrogens with zero attached hydrogens (tertiary/aromatic N) is 3. The smallest absolute Gasteiger partial charge is 0.198 e. The monoisotopic (exact) mass is 489 g/mol. The summed E-state index contributed by atoms with van der Waals surface area (Å²) in [5.74, 6) is 1.86. The molecule has 1 aliphatic heterocycles. The Morgan fingerprint density at radius 1 is 0.833 bits per heavy atom. The van der Waals surface area contributed by atoms with Crippen LogP contribution in [0.4, 0.5) is 5.69 Å². The Bertz CT molecular complexity index is 949. The standard InChI is InChI=1S/C30H43N5O/c31-28-13-7-8-14-29(28)33-30(35-21-19-34(20-22-35)26-11-5-2-6-12-26)32-25-15-17-27(18-16-25)36-23-24-9-3-1-4-10-24/h1,3-4,9-10,15-18,26,28-29H,2,5-8,11-14,19-23,31H2,(H,32,33)/t28-,29-/m0/s1. The third kappa shape index (κ3) is 6.80. The van der Waals surface area contributed by atoms with Gasteiger partial charge in [0.25, 0.3) is 0 Å². The van der Waals surface area contributed by atoms with Gasteiger partial charge in [-0.25, -0.2) is 4.99 Å². The first-order valence-corrected chi connectivity index (χ1v) is 14.1. The topological polar surface area (TPSA) is 66.1 Å². The zero-order valence-corrected chi connectivity index (χ0v) is 21.7. The average molecular weight is 490 g/mol. The van der Waals surface area contributed by atoms with Crippen LogP contribution in [-0.2, 0) is 6.61 Å². The minimum absolute atomic E-state index is 0.160. The van der Waals surface area contributed by atoms with E-state index in [1.807, 2.05) is 30.3 Å². The fraction of sp³-hybridized carbons (Fsp3) is 0.567. The lowest BCUT2D eigenvalue weighted by Gasteiger charge is -2.42. The van der Waals surface area contributed by atoms with Gasteiger partial charge in [-0.1, -0.05) is 62.4 Å². The van der Waals surface area contributed by atoms with E-state index in [-0.39, 0.29) is 12.1 Å². The third-order valence-corrected chi connectivity index (χ3v) is 8.13. The maximum Gasteiger partial charge on any atom is 0.198 e. The summed E-state index contributed by atoms with van der Waals surface area (Å²) in [7, 11) is 0. The molecule has 0 amide bonds. The number of nitrogens with two attached hydrogens (primary N) is 1. The van der Waals surface area contributed by atoms with Crippen LogP contribution in [0.25, 0.3) is 0 Å². The summed E-state index contributed by atoms with van der Waals surface area (Å²) in [4.78, 5) is 10.4. The molecular formula is C30H43N5O. The second kappa shape index (κ2) is 12.6. The highest BCUT2D eigenvalue weighted by Gasteiger charge is 2.28. The molecular weight excluding hydrogens is 446 g/mol. The molecule has 0 spiro atoms. The highest BCUT2D eigenvalue weighted by atomic mass is 16.5. The zero-order chi connectivity index (χ0) is 24.6. The number of benzene rings is 2.